The van der Waals surface area contributed by atoms with E-state index in [1.807, 2.05) is 0 Å². The number of aromatic hydroxyl groups is 1. The van der Waals surface area contributed by atoms with Crippen LogP contribution in [0.2, 0.25) is 0 Å². The number of carbonyl (C=O) groups is 1. The van der Waals surface area contributed by atoms with Crippen LogP contribution < -0.4 is 4.90 Å². The molecular weight excluding hydrogens is 404 g/mol. The van der Waals surface area contributed by atoms with Crippen molar-refractivity contribution in [1.29, 1.82) is 0 Å². The van der Waals surface area contributed by atoms with Crippen LogP contribution in [0, 0.1) is 0 Å². The molecule has 0 heterocycles. The number of benzene rings is 3. The van der Waals surface area contributed by atoms with Crippen LogP contribution in [0.5, 0.6) is 5.75 Å². The maximum atomic E-state index is 12.8. The quantitative estimate of drug-likeness (QED) is 0.625. The molecule has 0 amide bonds. The highest BCUT2D eigenvalue weighted by Gasteiger charge is 2.30. The molecule has 3 aromatic carbocycles. The van der Waals surface area contributed by atoms with E-state index in [1.54, 1.807) is 67.5 Å². The van der Waals surface area contributed by atoms with E-state index in [9.17, 15) is 22.9 Å². The topological polar surface area (TPSA) is 107 Å². The zero-order chi connectivity index (χ0) is 21.6. The molecule has 7 nitrogen and oxygen atoms in total. The van der Waals surface area contributed by atoms with Gasteiger partial charge < -0.3 is 10.0 Å². The van der Waals surface area contributed by atoms with Gasteiger partial charge in [0.1, 0.15) is 16.4 Å². The van der Waals surface area contributed by atoms with Crippen molar-refractivity contribution in [3.05, 3.63) is 71.8 Å². The molecule has 0 radical (unpaired) electrons. The van der Waals surface area contributed by atoms with Gasteiger partial charge in [-0.1, -0.05) is 48.5 Å². The number of carbonyl (C=O) groups excluding carboxylic acids is 1. The molecule has 152 valence electrons. The number of allylic oxidation sites excluding steroid dienone is 1. The van der Waals surface area contributed by atoms with Crippen LogP contribution in [-0.2, 0) is 14.9 Å². The number of anilines is 1. The SMILES string of the molecule is CN(C)c1cc(N=C2C(=O)C=C(S(=O)(=O)O)c3ccccc32)c2ccccc2c1O. The summed E-state index contributed by atoms with van der Waals surface area (Å²) in [5, 5.41) is 11.8. The van der Waals surface area contributed by atoms with Gasteiger partial charge in [-0.15, -0.1) is 0 Å². The third-order valence-electron chi connectivity index (χ3n) is 4.91. The Morgan fingerprint density at radius 3 is 2.17 bits per heavy atom. The molecule has 1 aliphatic carbocycles. The Labute approximate surface area is 173 Å². The fourth-order valence-electron chi connectivity index (χ4n) is 3.51. The zero-order valence-electron chi connectivity index (χ0n) is 16.2. The van der Waals surface area contributed by atoms with Crippen molar-refractivity contribution in [2.24, 2.45) is 4.99 Å². The van der Waals surface area contributed by atoms with Gasteiger partial charge in [-0.2, -0.15) is 8.42 Å². The standard InChI is InChI=1S/C22H18N2O5S/c1-24(2)18-11-17(13-7-3-6-10-16(13)22(18)26)23-21-15-9-5-4-8-14(15)20(12-19(21)25)30(27,28)29/h3-12,26H,1-2H3,(H,27,28,29). The van der Waals surface area contributed by atoms with E-state index in [-0.39, 0.29) is 17.0 Å². The van der Waals surface area contributed by atoms with Crippen LogP contribution in [0.15, 0.2) is 65.7 Å². The number of phenolic OH excluding ortho intramolecular Hbond substituents is 1. The normalized spacial score (nSPS) is 15.2. The van der Waals surface area contributed by atoms with Gasteiger partial charge in [0.2, 0.25) is 5.78 Å². The van der Waals surface area contributed by atoms with Crippen LogP contribution in [0.25, 0.3) is 15.7 Å². The van der Waals surface area contributed by atoms with E-state index in [1.165, 1.54) is 6.07 Å². The first-order valence-electron chi connectivity index (χ1n) is 9.02. The number of nitrogens with zero attached hydrogens (tertiary/aromatic N) is 2. The average molecular weight is 422 g/mol. The Morgan fingerprint density at radius 2 is 1.53 bits per heavy atom. The molecule has 8 heteroatoms. The molecule has 0 unspecified atom stereocenters. The van der Waals surface area contributed by atoms with Crippen LogP contribution >= 0.6 is 0 Å². The number of aliphatic imine (C=N–C) groups is 1. The average Bonchev–Trinajstić information content (AvgIpc) is 2.70. The molecule has 30 heavy (non-hydrogen) atoms. The van der Waals surface area contributed by atoms with Crippen molar-refractivity contribution in [2.75, 3.05) is 19.0 Å². The van der Waals surface area contributed by atoms with Crippen LogP contribution in [0.4, 0.5) is 11.4 Å². The lowest BCUT2D eigenvalue weighted by Gasteiger charge is -2.19. The van der Waals surface area contributed by atoms with Crippen molar-refractivity contribution in [3.63, 3.8) is 0 Å². The van der Waals surface area contributed by atoms with Gasteiger partial charge in [0.25, 0.3) is 10.1 Å². The lowest BCUT2D eigenvalue weighted by atomic mass is 9.94. The van der Waals surface area contributed by atoms with Crippen molar-refractivity contribution in [3.8, 4) is 5.75 Å². The highest BCUT2D eigenvalue weighted by Crippen LogP contribution is 2.41. The van der Waals surface area contributed by atoms with Gasteiger partial charge in [0, 0.05) is 42.1 Å². The molecule has 0 saturated carbocycles. The molecule has 0 aromatic heterocycles. The summed E-state index contributed by atoms with van der Waals surface area (Å²) < 4.78 is 33.0. The fraction of sp³-hybridized carbons (Fsp3) is 0.0909. The molecular formula is C22H18N2O5S. The molecule has 0 spiro atoms. The minimum absolute atomic E-state index is 0.0542. The Bertz CT molecular complexity index is 1370. The van der Waals surface area contributed by atoms with Gasteiger partial charge in [-0.05, 0) is 6.07 Å². The minimum Gasteiger partial charge on any atom is -0.505 e. The Kier molecular flexibility index (Phi) is 4.68. The van der Waals surface area contributed by atoms with E-state index in [0.717, 1.165) is 6.08 Å². The molecule has 0 atom stereocenters. The number of fused-ring (bicyclic) bond motifs is 2. The van der Waals surface area contributed by atoms with Crippen LogP contribution in [-0.4, -0.2) is 43.7 Å². The zero-order valence-corrected chi connectivity index (χ0v) is 17.0. The second kappa shape index (κ2) is 7.08. The second-order valence-electron chi connectivity index (χ2n) is 7.06. The Morgan fingerprint density at radius 1 is 0.933 bits per heavy atom. The maximum absolute atomic E-state index is 12.8. The Hall–Kier alpha value is -3.49. The minimum atomic E-state index is -4.58. The summed E-state index contributed by atoms with van der Waals surface area (Å²) in [6, 6.07) is 15.2. The van der Waals surface area contributed by atoms with E-state index >= 15 is 0 Å². The number of ketones is 1. The summed E-state index contributed by atoms with van der Waals surface area (Å²) in [7, 11) is -1.02. The molecule has 4 rings (SSSR count). The van der Waals surface area contributed by atoms with Crippen molar-refractivity contribution in [1.82, 2.24) is 0 Å². The Balaban J connectivity index is 2.02. The van der Waals surface area contributed by atoms with Gasteiger partial charge >= 0.3 is 0 Å². The van der Waals surface area contributed by atoms with Crippen molar-refractivity contribution in [2.45, 2.75) is 0 Å². The summed E-state index contributed by atoms with van der Waals surface area (Å²) in [5.41, 5.74) is 1.54. The highest BCUT2D eigenvalue weighted by molar-refractivity contribution is 7.95. The molecule has 2 N–H and O–H groups in total. The van der Waals surface area contributed by atoms with Gasteiger partial charge in [0.15, 0.2) is 0 Å². The molecule has 0 fully saturated rings. The summed E-state index contributed by atoms with van der Waals surface area (Å²) in [4.78, 5) is 18.7. The lowest BCUT2D eigenvalue weighted by Crippen LogP contribution is -2.22. The first kappa shape index (κ1) is 19.8. The predicted molar refractivity (Wildman–Crippen MR) is 117 cm³/mol. The first-order valence-corrected chi connectivity index (χ1v) is 10.5. The van der Waals surface area contributed by atoms with Gasteiger partial charge in [-0.3, -0.25) is 9.35 Å². The third-order valence-corrected chi connectivity index (χ3v) is 5.80. The van der Waals surface area contributed by atoms with Crippen LogP contribution in [0.1, 0.15) is 11.1 Å². The van der Waals surface area contributed by atoms with Gasteiger partial charge in [-0.25, -0.2) is 4.99 Å². The number of rotatable bonds is 3. The van der Waals surface area contributed by atoms with E-state index in [0.29, 0.717) is 27.7 Å². The maximum Gasteiger partial charge on any atom is 0.295 e. The highest BCUT2D eigenvalue weighted by atomic mass is 32.2. The monoisotopic (exact) mass is 422 g/mol. The van der Waals surface area contributed by atoms with Crippen molar-refractivity contribution >= 4 is 48.7 Å². The predicted octanol–water partition coefficient (Wildman–Crippen LogP) is 3.54. The summed E-state index contributed by atoms with van der Waals surface area (Å²) >= 11 is 0. The van der Waals surface area contributed by atoms with Gasteiger partial charge in [0.05, 0.1) is 11.4 Å². The third kappa shape index (κ3) is 3.26. The molecule has 0 saturated heterocycles. The molecule has 0 bridgehead atoms. The largest absolute Gasteiger partial charge is 0.505 e. The fourth-order valence-corrected chi connectivity index (χ4v) is 4.22. The first-order chi connectivity index (χ1) is 14.2. The van der Waals surface area contributed by atoms with E-state index in [2.05, 4.69) is 4.99 Å². The van der Waals surface area contributed by atoms with E-state index in [4.69, 9.17) is 0 Å². The number of hydrogen-bond donors (Lipinski definition) is 2. The summed E-state index contributed by atoms with van der Waals surface area (Å²) in [6.07, 6.45) is 0.881. The number of phenols is 1. The molecule has 3 aromatic rings. The van der Waals surface area contributed by atoms with E-state index < -0.39 is 20.8 Å². The summed E-state index contributed by atoms with van der Waals surface area (Å²) in [6.45, 7) is 0. The molecule has 1 aliphatic rings. The summed E-state index contributed by atoms with van der Waals surface area (Å²) in [5.74, 6) is -0.534. The lowest BCUT2D eigenvalue weighted by molar-refractivity contribution is -0.108. The smallest absolute Gasteiger partial charge is 0.295 e. The number of hydrogen-bond acceptors (Lipinski definition) is 6. The second-order valence-corrected chi connectivity index (χ2v) is 8.45. The molecule has 0 aliphatic heterocycles. The van der Waals surface area contributed by atoms with Crippen molar-refractivity contribution < 1.29 is 22.9 Å². The van der Waals surface area contributed by atoms with Crippen LogP contribution in [0.3, 0.4) is 0 Å².